The van der Waals surface area contributed by atoms with Gasteiger partial charge in [-0.3, -0.25) is 0 Å². The third-order valence-corrected chi connectivity index (χ3v) is 5.81. The summed E-state index contributed by atoms with van der Waals surface area (Å²) >= 11 is 1.56. The number of benzene rings is 2. The van der Waals surface area contributed by atoms with Crippen LogP contribution in [0.3, 0.4) is 0 Å². The normalized spacial score (nSPS) is 12.2. The summed E-state index contributed by atoms with van der Waals surface area (Å²) in [7, 11) is 0. The fourth-order valence-corrected chi connectivity index (χ4v) is 3.93. The van der Waals surface area contributed by atoms with E-state index in [0.29, 0.717) is 0 Å². The van der Waals surface area contributed by atoms with Gasteiger partial charge in [-0.05, 0) is 78.5 Å². The fraction of sp³-hybridized carbons (Fsp3) is 0.360. The van der Waals surface area contributed by atoms with Crippen molar-refractivity contribution < 1.29 is 13.5 Å². The molecule has 0 aliphatic rings. The molecule has 4 heteroatoms. The molecule has 0 aromatic heterocycles. The van der Waals surface area contributed by atoms with Crippen molar-refractivity contribution in [3.8, 4) is 5.75 Å². The first-order chi connectivity index (χ1) is 13.6. The van der Waals surface area contributed by atoms with E-state index in [1.807, 2.05) is 0 Å². The quantitative estimate of drug-likeness (QED) is 0.410. The highest BCUT2D eigenvalue weighted by atomic mass is 32.2. The SMILES string of the molecule is C=C(S/C=C(\C)Cc1cc(C)c(CC)cc1CC)c1ccc(OC(C)(F)F)cc1. The van der Waals surface area contributed by atoms with Gasteiger partial charge in [0.2, 0.25) is 0 Å². The first-order valence-corrected chi connectivity index (χ1v) is 10.8. The lowest BCUT2D eigenvalue weighted by Crippen LogP contribution is -2.18. The largest absolute Gasteiger partial charge is 0.433 e. The van der Waals surface area contributed by atoms with Crippen LogP contribution in [-0.4, -0.2) is 6.11 Å². The zero-order chi connectivity index (χ0) is 21.6. The molecule has 0 unspecified atom stereocenters. The van der Waals surface area contributed by atoms with Crippen LogP contribution in [0, 0.1) is 6.92 Å². The van der Waals surface area contributed by atoms with E-state index in [1.165, 1.54) is 27.8 Å². The van der Waals surface area contributed by atoms with Gasteiger partial charge in [-0.15, -0.1) is 0 Å². The van der Waals surface area contributed by atoms with Gasteiger partial charge in [0.25, 0.3) is 0 Å². The topological polar surface area (TPSA) is 9.23 Å². The van der Waals surface area contributed by atoms with Gasteiger partial charge in [-0.2, -0.15) is 8.78 Å². The number of aryl methyl sites for hydroxylation is 3. The number of thioether (sulfide) groups is 1. The van der Waals surface area contributed by atoms with Crippen LogP contribution in [0.5, 0.6) is 5.75 Å². The van der Waals surface area contributed by atoms with Gasteiger partial charge in [0.1, 0.15) is 5.75 Å². The molecule has 156 valence electrons. The molecule has 2 aromatic carbocycles. The molecule has 29 heavy (non-hydrogen) atoms. The lowest BCUT2D eigenvalue weighted by atomic mass is 9.93. The molecule has 0 atom stereocenters. The highest BCUT2D eigenvalue weighted by molar-refractivity contribution is 8.10. The molecule has 0 N–H and O–H groups in total. The van der Waals surface area contributed by atoms with Crippen LogP contribution < -0.4 is 4.74 Å². The second-order valence-corrected chi connectivity index (χ2v) is 8.33. The minimum Gasteiger partial charge on any atom is -0.433 e. The Morgan fingerprint density at radius 2 is 1.69 bits per heavy atom. The molecule has 2 aromatic rings. The van der Waals surface area contributed by atoms with Crippen LogP contribution in [-0.2, 0) is 19.3 Å². The zero-order valence-corrected chi connectivity index (χ0v) is 18.8. The van der Waals surface area contributed by atoms with Crippen LogP contribution in [0.25, 0.3) is 4.91 Å². The molecule has 0 fully saturated rings. The Kier molecular flexibility index (Phi) is 8.09. The molecule has 0 saturated heterocycles. The molecule has 0 radical (unpaired) electrons. The Bertz CT molecular complexity index is 877. The summed E-state index contributed by atoms with van der Waals surface area (Å²) in [4.78, 5) is 0.868. The molecule has 0 bridgehead atoms. The van der Waals surface area contributed by atoms with Crippen LogP contribution >= 0.6 is 11.8 Å². The molecule has 0 aliphatic carbocycles. The van der Waals surface area contributed by atoms with E-state index in [0.717, 1.165) is 36.7 Å². The van der Waals surface area contributed by atoms with Gasteiger partial charge < -0.3 is 4.74 Å². The van der Waals surface area contributed by atoms with Crippen molar-refractivity contribution in [2.75, 3.05) is 0 Å². The average Bonchev–Trinajstić information content (AvgIpc) is 2.65. The number of halogens is 2. The van der Waals surface area contributed by atoms with Gasteiger partial charge >= 0.3 is 6.11 Å². The molecule has 2 rings (SSSR count). The van der Waals surface area contributed by atoms with Gasteiger partial charge in [-0.1, -0.05) is 62.0 Å². The van der Waals surface area contributed by atoms with Gasteiger partial charge in [0, 0.05) is 11.8 Å². The minimum absolute atomic E-state index is 0.142. The predicted octanol–water partition coefficient (Wildman–Crippen LogP) is 7.96. The standard InChI is InChI=1S/C25H30F2OS/c1-7-20-15-21(8-2)23(14-18(20)4)13-17(3)16-29-19(5)22-9-11-24(12-10-22)28-25(6,26)27/h9-12,14-16H,5,7-8,13H2,1-4,6H3/b17-16+. The van der Waals surface area contributed by atoms with E-state index < -0.39 is 6.11 Å². The predicted molar refractivity (Wildman–Crippen MR) is 122 cm³/mol. The van der Waals surface area contributed by atoms with Crippen LogP contribution in [0.1, 0.15) is 55.5 Å². The summed E-state index contributed by atoms with van der Waals surface area (Å²) in [6.45, 7) is 13.5. The summed E-state index contributed by atoms with van der Waals surface area (Å²) in [5.74, 6) is 0.142. The molecule has 0 saturated carbocycles. The number of ether oxygens (including phenoxy) is 1. The number of allylic oxidation sites excluding steroid dienone is 1. The smallest absolute Gasteiger partial charge is 0.394 e. The molecule has 0 aliphatic heterocycles. The van der Waals surface area contributed by atoms with Crippen molar-refractivity contribution in [2.24, 2.45) is 0 Å². The maximum atomic E-state index is 12.9. The van der Waals surface area contributed by atoms with Gasteiger partial charge in [0.15, 0.2) is 0 Å². The lowest BCUT2D eigenvalue weighted by Gasteiger charge is -2.14. The Hall–Kier alpha value is -2.07. The molecular weight excluding hydrogens is 386 g/mol. The zero-order valence-electron chi connectivity index (χ0n) is 17.9. The number of hydrogen-bond acceptors (Lipinski definition) is 2. The van der Waals surface area contributed by atoms with Crippen molar-refractivity contribution >= 4 is 16.7 Å². The second-order valence-electron chi connectivity index (χ2n) is 7.37. The van der Waals surface area contributed by atoms with Crippen molar-refractivity contribution in [2.45, 2.75) is 60.0 Å². The molecular formula is C25H30F2OS. The van der Waals surface area contributed by atoms with Crippen molar-refractivity contribution in [3.63, 3.8) is 0 Å². The Morgan fingerprint density at radius 1 is 1.07 bits per heavy atom. The fourth-order valence-electron chi connectivity index (χ4n) is 3.24. The first-order valence-electron chi connectivity index (χ1n) is 9.92. The number of hydrogen-bond donors (Lipinski definition) is 0. The van der Waals surface area contributed by atoms with E-state index in [2.05, 4.69) is 56.6 Å². The highest BCUT2D eigenvalue weighted by Crippen LogP contribution is 2.31. The van der Waals surface area contributed by atoms with Crippen molar-refractivity contribution in [3.05, 3.63) is 81.8 Å². The van der Waals surface area contributed by atoms with E-state index in [-0.39, 0.29) is 5.75 Å². The average molecular weight is 417 g/mol. The Labute approximate surface area is 177 Å². The van der Waals surface area contributed by atoms with Crippen molar-refractivity contribution in [1.82, 2.24) is 0 Å². The molecule has 0 spiro atoms. The van der Waals surface area contributed by atoms with Crippen LogP contribution in [0.15, 0.2) is 54.0 Å². The summed E-state index contributed by atoms with van der Waals surface area (Å²) in [6, 6.07) is 11.2. The third-order valence-electron chi connectivity index (χ3n) is 4.76. The number of alkyl halides is 2. The maximum Gasteiger partial charge on any atom is 0.394 e. The van der Waals surface area contributed by atoms with Gasteiger partial charge in [0.05, 0.1) is 0 Å². The molecule has 0 heterocycles. The van der Waals surface area contributed by atoms with E-state index in [4.69, 9.17) is 0 Å². The monoisotopic (exact) mass is 416 g/mol. The van der Waals surface area contributed by atoms with Crippen molar-refractivity contribution in [1.29, 1.82) is 0 Å². The highest BCUT2D eigenvalue weighted by Gasteiger charge is 2.22. The van der Waals surface area contributed by atoms with E-state index >= 15 is 0 Å². The van der Waals surface area contributed by atoms with E-state index in [9.17, 15) is 8.78 Å². The van der Waals surface area contributed by atoms with Gasteiger partial charge in [-0.25, -0.2) is 0 Å². The first kappa shape index (κ1) is 23.2. The van der Waals surface area contributed by atoms with E-state index in [1.54, 1.807) is 36.0 Å². The second kappa shape index (κ2) is 10.1. The lowest BCUT2D eigenvalue weighted by molar-refractivity contribution is -0.158. The summed E-state index contributed by atoms with van der Waals surface area (Å²) < 4.78 is 30.4. The van der Waals surface area contributed by atoms with Crippen LogP contribution in [0.4, 0.5) is 8.78 Å². The summed E-state index contributed by atoms with van der Waals surface area (Å²) in [5.41, 5.74) is 7.72. The Morgan fingerprint density at radius 3 is 2.24 bits per heavy atom. The minimum atomic E-state index is -3.18. The third kappa shape index (κ3) is 7.04. The van der Waals surface area contributed by atoms with Crippen LogP contribution in [0.2, 0.25) is 0 Å². The summed E-state index contributed by atoms with van der Waals surface area (Å²) in [5, 5.41) is 2.12. The molecule has 0 amide bonds. The molecule has 1 nitrogen and oxygen atoms in total. The summed E-state index contributed by atoms with van der Waals surface area (Å²) in [6.07, 6.45) is -0.185. The maximum absolute atomic E-state index is 12.9. The Balaban J connectivity index is 2.04. The number of rotatable bonds is 9.